The fourth-order valence-corrected chi connectivity index (χ4v) is 2.82. The number of nitrogens with one attached hydrogen (secondary N) is 1. The molecule has 0 saturated carbocycles. The Morgan fingerprint density at radius 2 is 1.00 bits per heavy atom. The summed E-state index contributed by atoms with van der Waals surface area (Å²) in [5.41, 5.74) is 0. The van der Waals surface area contributed by atoms with Gasteiger partial charge in [-0.15, -0.1) is 0 Å². The van der Waals surface area contributed by atoms with Gasteiger partial charge >= 0.3 is 0 Å². The Balaban J connectivity index is 3.13. The van der Waals surface area contributed by atoms with E-state index in [2.05, 4.69) is 19.2 Å². The monoisotopic (exact) mass is 311 g/mol. The van der Waals surface area contributed by atoms with Crippen LogP contribution in [-0.4, -0.2) is 12.5 Å². The highest BCUT2D eigenvalue weighted by molar-refractivity contribution is 5.75. The van der Waals surface area contributed by atoms with Crippen LogP contribution >= 0.6 is 0 Å². The first kappa shape index (κ1) is 21.5. The molecule has 2 heteroatoms. The molecule has 0 radical (unpaired) electrons. The number of carbonyl (C=O) groups excluding carboxylic acids is 1. The quantitative estimate of drug-likeness (QED) is 0.310. The third-order valence-corrected chi connectivity index (χ3v) is 4.36. The van der Waals surface area contributed by atoms with Gasteiger partial charge in [-0.05, 0) is 12.8 Å². The van der Waals surface area contributed by atoms with Crippen LogP contribution in [0, 0.1) is 0 Å². The van der Waals surface area contributed by atoms with E-state index in [-0.39, 0.29) is 5.91 Å². The first-order valence-corrected chi connectivity index (χ1v) is 10.1. The minimum absolute atomic E-state index is 0.261. The molecule has 0 heterocycles. The molecule has 1 amide bonds. The average molecular weight is 312 g/mol. The van der Waals surface area contributed by atoms with Crippen molar-refractivity contribution in [2.75, 3.05) is 6.54 Å². The van der Waals surface area contributed by atoms with Crippen molar-refractivity contribution >= 4 is 5.91 Å². The summed E-state index contributed by atoms with van der Waals surface area (Å²) >= 11 is 0. The number of hydrogen-bond acceptors (Lipinski definition) is 1. The number of unbranched alkanes of at least 4 members (excludes halogenated alkanes) is 13. The molecule has 0 bridgehead atoms. The van der Waals surface area contributed by atoms with Gasteiger partial charge in [0.15, 0.2) is 0 Å². The molecule has 0 saturated heterocycles. The van der Waals surface area contributed by atoms with Crippen LogP contribution in [0.4, 0.5) is 0 Å². The number of carbonyl (C=O) groups is 1. The van der Waals surface area contributed by atoms with Gasteiger partial charge in [-0.1, -0.05) is 97.3 Å². The topological polar surface area (TPSA) is 29.1 Å². The van der Waals surface area contributed by atoms with E-state index in [1.54, 1.807) is 0 Å². The summed E-state index contributed by atoms with van der Waals surface area (Å²) in [5.74, 6) is 0.261. The van der Waals surface area contributed by atoms with E-state index in [0.717, 1.165) is 25.8 Å². The van der Waals surface area contributed by atoms with E-state index >= 15 is 0 Å². The second-order valence-corrected chi connectivity index (χ2v) is 6.70. The lowest BCUT2D eigenvalue weighted by molar-refractivity contribution is -0.121. The van der Waals surface area contributed by atoms with Gasteiger partial charge in [0.1, 0.15) is 0 Å². The summed E-state index contributed by atoms with van der Waals surface area (Å²) in [4.78, 5) is 11.7. The van der Waals surface area contributed by atoms with Crippen LogP contribution in [0.3, 0.4) is 0 Å². The summed E-state index contributed by atoms with van der Waals surface area (Å²) in [7, 11) is 0. The van der Waals surface area contributed by atoms with E-state index in [0.29, 0.717) is 0 Å². The van der Waals surface area contributed by atoms with Gasteiger partial charge in [-0.2, -0.15) is 0 Å². The molecule has 0 aliphatic rings. The van der Waals surface area contributed by atoms with E-state index in [1.165, 1.54) is 83.5 Å². The number of rotatable bonds is 17. The smallest absolute Gasteiger partial charge is 0.219 e. The van der Waals surface area contributed by atoms with Crippen molar-refractivity contribution in [3.63, 3.8) is 0 Å². The Labute approximate surface area is 139 Å². The van der Waals surface area contributed by atoms with Gasteiger partial charge in [0, 0.05) is 13.0 Å². The van der Waals surface area contributed by atoms with Gasteiger partial charge in [0.25, 0.3) is 0 Å². The zero-order chi connectivity index (χ0) is 16.3. The first-order valence-electron chi connectivity index (χ1n) is 10.1. The highest BCUT2D eigenvalue weighted by Gasteiger charge is 2.00. The largest absolute Gasteiger partial charge is 0.356 e. The van der Waals surface area contributed by atoms with Crippen LogP contribution in [0.15, 0.2) is 0 Å². The van der Waals surface area contributed by atoms with Gasteiger partial charge in [0.05, 0.1) is 0 Å². The van der Waals surface area contributed by atoms with Crippen LogP contribution in [-0.2, 0) is 4.79 Å². The Bertz CT molecular complexity index is 228. The molecule has 0 aliphatic carbocycles. The van der Waals surface area contributed by atoms with Crippen molar-refractivity contribution in [3.05, 3.63) is 0 Å². The van der Waals surface area contributed by atoms with Crippen LogP contribution in [0.1, 0.15) is 117 Å². The summed E-state index contributed by atoms with van der Waals surface area (Å²) in [6, 6.07) is 0. The molecule has 0 aromatic heterocycles. The van der Waals surface area contributed by atoms with E-state index in [4.69, 9.17) is 0 Å². The molecular formula is C20H41NO. The molecule has 0 fully saturated rings. The standard InChI is InChI=1S/C20H41NO/c1-3-5-7-9-11-12-13-14-16-18-20(22)21-19-17-15-10-8-6-4-2/h3-19H2,1-2H3,(H,21,22). The van der Waals surface area contributed by atoms with Gasteiger partial charge < -0.3 is 5.32 Å². The SMILES string of the molecule is CCCCCCCCCCCC(=O)NCCCCCCCC. The minimum Gasteiger partial charge on any atom is -0.356 e. The lowest BCUT2D eigenvalue weighted by Crippen LogP contribution is -2.23. The van der Waals surface area contributed by atoms with Crippen LogP contribution in [0.25, 0.3) is 0 Å². The molecule has 132 valence electrons. The van der Waals surface area contributed by atoms with Gasteiger partial charge in [-0.3, -0.25) is 4.79 Å². The Morgan fingerprint density at radius 3 is 1.50 bits per heavy atom. The zero-order valence-electron chi connectivity index (χ0n) is 15.4. The number of hydrogen-bond donors (Lipinski definition) is 1. The fourth-order valence-electron chi connectivity index (χ4n) is 2.82. The van der Waals surface area contributed by atoms with Crippen molar-refractivity contribution in [2.24, 2.45) is 0 Å². The number of amides is 1. The fraction of sp³-hybridized carbons (Fsp3) is 0.950. The van der Waals surface area contributed by atoms with Crippen molar-refractivity contribution in [1.29, 1.82) is 0 Å². The molecule has 2 nitrogen and oxygen atoms in total. The molecule has 0 aliphatic heterocycles. The van der Waals surface area contributed by atoms with Gasteiger partial charge in [0.2, 0.25) is 5.91 Å². The highest BCUT2D eigenvalue weighted by Crippen LogP contribution is 2.10. The molecule has 22 heavy (non-hydrogen) atoms. The molecule has 0 atom stereocenters. The van der Waals surface area contributed by atoms with Crippen LogP contribution in [0.5, 0.6) is 0 Å². The average Bonchev–Trinajstić information content (AvgIpc) is 2.52. The molecule has 0 unspecified atom stereocenters. The second kappa shape index (κ2) is 18.5. The summed E-state index contributed by atoms with van der Waals surface area (Å²) in [6.45, 7) is 5.38. The normalized spacial score (nSPS) is 10.8. The maximum Gasteiger partial charge on any atom is 0.219 e. The zero-order valence-corrected chi connectivity index (χ0v) is 15.4. The second-order valence-electron chi connectivity index (χ2n) is 6.70. The van der Waals surface area contributed by atoms with Crippen molar-refractivity contribution in [1.82, 2.24) is 5.32 Å². The Hall–Kier alpha value is -0.530. The van der Waals surface area contributed by atoms with Crippen molar-refractivity contribution in [3.8, 4) is 0 Å². The maximum atomic E-state index is 11.7. The molecule has 0 rings (SSSR count). The van der Waals surface area contributed by atoms with Crippen molar-refractivity contribution < 1.29 is 4.79 Å². The molecular weight excluding hydrogens is 270 g/mol. The third-order valence-electron chi connectivity index (χ3n) is 4.36. The first-order chi connectivity index (χ1) is 10.8. The van der Waals surface area contributed by atoms with E-state index in [1.807, 2.05) is 0 Å². The Morgan fingerprint density at radius 1 is 0.591 bits per heavy atom. The minimum atomic E-state index is 0.261. The van der Waals surface area contributed by atoms with E-state index in [9.17, 15) is 4.79 Å². The summed E-state index contributed by atoms with van der Waals surface area (Å²) in [6.07, 6.45) is 20.3. The summed E-state index contributed by atoms with van der Waals surface area (Å²) < 4.78 is 0. The van der Waals surface area contributed by atoms with Crippen molar-refractivity contribution in [2.45, 2.75) is 117 Å². The molecule has 1 N–H and O–H groups in total. The maximum absolute atomic E-state index is 11.7. The third kappa shape index (κ3) is 17.5. The van der Waals surface area contributed by atoms with Crippen LogP contribution in [0.2, 0.25) is 0 Å². The lowest BCUT2D eigenvalue weighted by Gasteiger charge is -2.05. The predicted octanol–water partition coefficient (Wildman–Crippen LogP) is 6.38. The Kier molecular flexibility index (Phi) is 18.1. The predicted molar refractivity (Wildman–Crippen MR) is 98.2 cm³/mol. The summed E-state index contributed by atoms with van der Waals surface area (Å²) in [5, 5.41) is 3.06. The van der Waals surface area contributed by atoms with Crippen LogP contribution < -0.4 is 5.32 Å². The molecule has 0 spiro atoms. The van der Waals surface area contributed by atoms with E-state index < -0.39 is 0 Å². The molecule has 0 aromatic rings. The highest BCUT2D eigenvalue weighted by atomic mass is 16.1. The van der Waals surface area contributed by atoms with Gasteiger partial charge in [-0.25, -0.2) is 0 Å². The lowest BCUT2D eigenvalue weighted by atomic mass is 10.1. The molecule has 0 aromatic carbocycles.